The Hall–Kier alpha value is -3.91. The van der Waals surface area contributed by atoms with Gasteiger partial charge in [-0.05, 0) is 23.8 Å². The Balaban J connectivity index is 1.31. The number of carboxylic acids is 1. The van der Waals surface area contributed by atoms with Crippen LogP contribution in [0.1, 0.15) is 17.2 Å². The number of piperazine rings is 1. The Morgan fingerprint density at radius 1 is 1.03 bits per heavy atom. The average Bonchev–Trinajstić information content (AvgIpc) is 3.27. The minimum atomic E-state index is -0.857. The minimum Gasteiger partial charge on any atom is -0.489 e. The van der Waals surface area contributed by atoms with Crippen LogP contribution in [0, 0.1) is 0 Å². The van der Waals surface area contributed by atoms with Gasteiger partial charge in [0, 0.05) is 67.3 Å². The van der Waals surface area contributed by atoms with Crippen LogP contribution in [0.5, 0.6) is 5.75 Å². The molecule has 0 saturated carbocycles. The van der Waals surface area contributed by atoms with Gasteiger partial charge in [0.2, 0.25) is 5.95 Å². The number of aliphatic carboxylic acids is 1. The number of carboxylic acid groups (broad SMARTS) is 1. The minimum absolute atomic E-state index is 0.479. The standard InChI is InChI=1S/C25H25N5O3/c31-24(32)23(29-11-13-30(14-12-29)25-26-9-4-10-27-25)21-16-28-22-15-19(7-8-20(21)22)33-17-18-5-2-1-3-6-18/h1-10,15-16,23,28H,11-14,17H2,(H,31,32). The van der Waals surface area contributed by atoms with Crippen molar-refractivity contribution in [1.82, 2.24) is 19.9 Å². The molecule has 0 spiro atoms. The highest BCUT2D eigenvalue weighted by molar-refractivity contribution is 5.90. The molecule has 33 heavy (non-hydrogen) atoms. The van der Waals surface area contributed by atoms with Crippen molar-refractivity contribution in [3.05, 3.63) is 84.3 Å². The van der Waals surface area contributed by atoms with Crippen molar-refractivity contribution in [3.63, 3.8) is 0 Å². The second-order valence-electron chi connectivity index (χ2n) is 8.04. The van der Waals surface area contributed by atoms with Crippen molar-refractivity contribution in [2.75, 3.05) is 31.1 Å². The lowest BCUT2D eigenvalue weighted by atomic mass is 10.0. The quantitative estimate of drug-likeness (QED) is 0.452. The summed E-state index contributed by atoms with van der Waals surface area (Å²) in [5.74, 6) is 0.562. The van der Waals surface area contributed by atoms with E-state index in [9.17, 15) is 9.90 Å². The predicted molar refractivity (Wildman–Crippen MR) is 125 cm³/mol. The summed E-state index contributed by atoms with van der Waals surface area (Å²) in [5, 5.41) is 11.0. The molecule has 1 aliphatic rings. The van der Waals surface area contributed by atoms with E-state index in [1.807, 2.05) is 53.4 Å². The second kappa shape index (κ2) is 9.30. The van der Waals surface area contributed by atoms with Crippen molar-refractivity contribution in [2.45, 2.75) is 12.6 Å². The summed E-state index contributed by atoms with van der Waals surface area (Å²) in [4.78, 5) is 28.2. The summed E-state index contributed by atoms with van der Waals surface area (Å²) < 4.78 is 5.92. The van der Waals surface area contributed by atoms with E-state index < -0.39 is 12.0 Å². The van der Waals surface area contributed by atoms with E-state index in [2.05, 4.69) is 19.9 Å². The van der Waals surface area contributed by atoms with Crippen LogP contribution in [-0.2, 0) is 11.4 Å². The van der Waals surface area contributed by atoms with E-state index in [1.165, 1.54) is 0 Å². The zero-order chi connectivity index (χ0) is 22.6. The van der Waals surface area contributed by atoms with E-state index in [4.69, 9.17) is 4.74 Å². The highest BCUT2D eigenvalue weighted by Crippen LogP contribution is 2.32. The third kappa shape index (κ3) is 4.51. The first kappa shape index (κ1) is 21.0. The number of nitrogens with one attached hydrogen (secondary N) is 1. The van der Waals surface area contributed by atoms with Crippen LogP contribution < -0.4 is 9.64 Å². The number of hydrogen-bond donors (Lipinski definition) is 2. The van der Waals surface area contributed by atoms with Gasteiger partial charge in [-0.2, -0.15) is 0 Å². The summed E-state index contributed by atoms with van der Waals surface area (Å²) in [5.41, 5.74) is 2.71. The van der Waals surface area contributed by atoms with E-state index in [0.29, 0.717) is 38.7 Å². The fourth-order valence-electron chi connectivity index (χ4n) is 4.31. The smallest absolute Gasteiger partial charge is 0.325 e. The number of benzene rings is 2. The Morgan fingerprint density at radius 2 is 1.79 bits per heavy atom. The van der Waals surface area contributed by atoms with E-state index in [0.717, 1.165) is 27.8 Å². The third-order valence-corrected chi connectivity index (χ3v) is 5.98. The molecule has 0 bridgehead atoms. The van der Waals surface area contributed by atoms with Gasteiger partial charge >= 0.3 is 5.97 Å². The number of fused-ring (bicyclic) bond motifs is 1. The first-order valence-electron chi connectivity index (χ1n) is 11.0. The number of H-pyrrole nitrogens is 1. The largest absolute Gasteiger partial charge is 0.489 e. The highest BCUT2D eigenvalue weighted by atomic mass is 16.5. The Bertz CT molecular complexity index is 1220. The van der Waals surface area contributed by atoms with Crippen LogP contribution in [-0.4, -0.2) is 57.1 Å². The molecule has 0 amide bonds. The Kier molecular flexibility index (Phi) is 5.91. The van der Waals surface area contributed by atoms with Gasteiger partial charge in [-0.25, -0.2) is 9.97 Å². The molecule has 8 heteroatoms. The van der Waals surface area contributed by atoms with Gasteiger partial charge < -0.3 is 19.7 Å². The Morgan fingerprint density at radius 3 is 2.52 bits per heavy atom. The maximum absolute atomic E-state index is 12.3. The van der Waals surface area contributed by atoms with Crippen molar-refractivity contribution < 1.29 is 14.6 Å². The van der Waals surface area contributed by atoms with Gasteiger partial charge in [-0.1, -0.05) is 30.3 Å². The van der Waals surface area contributed by atoms with E-state index in [1.54, 1.807) is 24.7 Å². The summed E-state index contributed by atoms with van der Waals surface area (Å²) in [6.45, 7) is 3.05. The maximum Gasteiger partial charge on any atom is 0.325 e. The van der Waals surface area contributed by atoms with Gasteiger partial charge in [0.05, 0.1) is 0 Å². The molecular formula is C25H25N5O3. The molecule has 0 aliphatic carbocycles. The summed E-state index contributed by atoms with van der Waals surface area (Å²) in [6.07, 6.45) is 5.24. The number of hydrogen-bond acceptors (Lipinski definition) is 6. The molecular weight excluding hydrogens is 418 g/mol. The molecule has 1 fully saturated rings. The van der Waals surface area contributed by atoms with Crippen molar-refractivity contribution in [3.8, 4) is 5.75 Å². The van der Waals surface area contributed by atoms with Crippen molar-refractivity contribution in [2.24, 2.45) is 0 Å². The lowest BCUT2D eigenvalue weighted by Gasteiger charge is -2.37. The topological polar surface area (TPSA) is 94.6 Å². The first-order chi connectivity index (χ1) is 16.2. The second-order valence-corrected chi connectivity index (χ2v) is 8.04. The molecule has 2 aromatic carbocycles. The lowest BCUT2D eigenvalue weighted by Crippen LogP contribution is -2.49. The van der Waals surface area contributed by atoms with Gasteiger partial charge in [0.15, 0.2) is 0 Å². The number of aromatic amines is 1. The van der Waals surface area contributed by atoms with Crippen LogP contribution >= 0.6 is 0 Å². The average molecular weight is 444 g/mol. The number of nitrogens with zero attached hydrogens (tertiary/aromatic N) is 4. The molecule has 3 heterocycles. The molecule has 2 aromatic heterocycles. The van der Waals surface area contributed by atoms with Crippen LogP contribution in [0.3, 0.4) is 0 Å². The van der Waals surface area contributed by atoms with Crippen molar-refractivity contribution in [1.29, 1.82) is 0 Å². The molecule has 1 saturated heterocycles. The summed E-state index contributed by atoms with van der Waals surface area (Å²) in [6, 6.07) is 16.8. The number of rotatable bonds is 7. The highest BCUT2D eigenvalue weighted by Gasteiger charge is 2.32. The molecule has 0 radical (unpaired) electrons. The molecule has 8 nitrogen and oxygen atoms in total. The molecule has 2 N–H and O–H groups in total. The number of anilines is 1. The summed E-state index contributed by atoms with van der Waals surface area (Å²) >= 11 is 0. The zero-order valence-corrected chi connectivity index (χ0v) is 18.1. The van der Waals surface area contributed by atoms with E-state index in [-0.39, 0.29) is 0 Å². The monoisotopic (exact) mass is 443 g/mol. The molecule has 1 atom stereocenters. The zero-order valence-electron chi connectivity index (χ0n) is 18.1. The maximum atomic E-state index is 12.3. The molecule has 168 valence electrons. The number of carbonyl (C=O) groups is 1. The normalized spacial score (nSPS) is 15.5. The Labute approximate surface area is 191 Å². The van der Waals surface area contributed by atoms with Gasteiger partial charge in [0.1, 0.15) is 18.4 Å². The first-order valence-corrected chi connectivity index (χ1v) is 11.0. The third-order valence-electron chi connectivity index (χ3n) is 5.98. The van der Waals surface area contributed by atoms with Gasteiger partial charge in [-0.15, -0.1) is 0 Å². The molecule has 5 rings (SSSR count). The molecule has 1 unspecified atom stereocenters. The van der Waals surface area contributed by atoms with Crippen LogP contribution in [0.2, 0.25) is 0 Å². The lowest BCUT2D eigenvalue weighted by molar-refractivity contribution is -0.143. The van der Waals surface area contributed by atoms with Crippen LogP contribution in [0.25, 0.3) is 10.9 Å². The molecule has 4 aromatic rings. The molecule has 1 aliphatic heterocycles. The number of aromatic nitrogens is 3. The van der Waals surface area contributed by atoms with E-state index >= 15 is 0 Å². The van der Waals surface area contributed by atoms with Crippen LogP contribution in [0.15, 0.2) is 73.2 Å². The van der Waals surface area contributed by atoms with Gasteiger partial charge in [-0.3, -0.25) is 9.69 Å². The van der Waals surface area contributed by atoms with Gasteiger partial charge in [0.25, 0.3) is 0 Å². The fourth-order valence-corrected chi connectivity index (χ4v) is 4.31. The predicted octanol–water partition coefficient (Wildman–Crippen LogP) is 3.48. The summed E-state index contributed by atoms with van der Waals surface area (Å²) in [7, 11) is 0. The van der Waals surface area contributed by atoms with Crippen molar-refractivity contribution >= 4 is 22.8 Å². The fraction of sp³-hybridized carbons (Fsp3) is 0.240. The SMILES string of the molecule is O=C(O)C(c1c[nH]c2cc(OCc3ccccc3)ccc12)N1CCN(c2ncccn2)CC1. The van der Waals surface area contributed by atoms with Crippen LogP contribution in [0.4, 0.5) is 5.95 Å². The number of ether oxygens (including phenoxy) is 1.